The minimum atomic E-state index is -0.213. The second-order valence-corrected chi connectivity index (χ2v) is 6.19. The highest BCUT2D eigenvalue weighted by Crippen LogP contribution is 2.36. The average Bonchev–Trinajstić information content (AvgIpc) is 3.38. The Hall–Kier alpha value is -3.36. The molecule has 1 atom stereocenters. The van der Waals surface area contributed by atoms with E-state index < -0.39 is 0 Å². The summed E-state index contributed by atoms with van der Waals surface area (Å²) in [4.78, 5) is 9.82. The normalized spacial score (nSPS) is 16.8. The first-order valence-electron chi connectivity index (χ1n) is 8.36. The van der Waals surface area contributed by atoms with Crippen LogP contribution in [-0.4, -0.2) is 43.4 Å². The van der Waals surface area contributed by atoms with E-state index in [-0.39, 0.29) is 6.04 Å². The molecule has 1 unspecified atom stereocenters. The topological polar surface area (TPSA) is 97.4 Å². The fraction of sp³-hybridized carbons (Fsp3) is 0.294. The van der Waals surface area contributed by atoms with Gasteiger partial charge in [-0.3, -0.25) is 0 Å². The maximum absolute atomic E-state index is 5.69. The second-order valence-electron chi connectivity index (χ2n) is 6.19. The molecule has 5 heterocycles. The third kappa shape index (κ3) is 2.17. The van der Waals surface area contributed by atoms with Crippen molar-refractivity contribution in [1.29, 1.82) is 0 Å². The third-order valence-electron chi connectivity index (χ3n) is 4.67. The molecule has 0 bridgehead atoms. The largest absolute Gasteiger partial charge is 0.494 e. The van der Waals surface area contributed by atoms with Crippen molar-refractivity contribution in [3.05, 3.63) is 53.7 Å². The van der Waals surface area contributed by atoms with Crippen LogP contribution in [0.3, 0.4) is 0 Å². The maximum atomic E-state index is 5.69. The SMILES string of the molecule is COc1cccn2nc(C3c4nc[nH]c4CCN3c3nnc(C)o3)cc12. The van der Waals surface area contributed by atoms with Gasteiger partial charge in [0.15, 0.2) is 0 Å². The monoisotopic (exact) mass is 351 g/mol. The van der Waals surface area contributed by atoms with Crippen LogP contribution in [0.4, 0.5) is 6.01 Å². The van der Waals surface area contributed by atoms with Crippen LogP contribution in [0.1, 0.15) is 29.0 Å². The summed E-state index contributed by atoms with van der Waals surface area (Å²) >= 11 is 0. The van der Waals surface area contributed by atoms with Crippen LogP contribution < -0.4 is 9.64 Å². The lowest BCUT2D eigenvalue weighted by molar-refractivity contribution is 0.417. The number of methoxy groups -OCH3 is 1. The van der Waals surface area contributed by atoms with E-state index in [0.717, 1.165) is 41.3 Å². The van der Waals surface area contributed by atoms with Gasteiger partial charge in [0.25, 0.3) is 0 Å². The molecule has 26 heavy (non-hydrogen) atoms. The standard InChI is InChI=1S/C17H17N7O2/c1-10-20-21-17(26-10)23-7-5-11-15(19-9-18-11)16(23)12-8-13-14(25-2)4-3-6-24(13)22-12/h3-4,6,8-9,16H,5,7H2,1-2H3,(H,18,19). The van der Waals surface area contributed by atoms with Crippen LogP contribution in [-0.2, 0) is 6.42 Å². The molecule has 132 valence electrons. The van der Waals surface area contributed by atoms with Gasteiger partial charge in [-0.05, 0) is 18.2 Å². The van der Waals surface area contributed by atoms with Crippen molar-refractivity contribution < 1.29 is 9.15 Å². The van der Waals surface area contributed by atoms with Crippen molar-refractivity contribution in [2.75, 3.05) is 18.6 Å². The quantitative estimate of drug-likeness (QED) is 0.602. The number of hydrogen-bond acceptors (Lipinski definition) is 7. The van der Waals surface area contributed by atoms with Crippen LogP contribution in [0.5, 0.6) is 5.75 Å². The number of aromatic nitrogens is 6. The highest BCUT2D eigenvalue weighted by Gasteiger charge is 2.35. The number of rotatable bonds is 3. The van der Waals surface area contributed by atoms with Crippen molar-refractivity contribution in [1.82, 2.24) is 29.8 Å². The molecule has 1 aliphatic heterocycles. The zero-order valence-corrected chi connectivity index (χ0v) is 14.4. The smallest absolute Gasteiger partial charge is 0.319 e. The summed E-state index contributed by atoms with van der Waals surface area (Å²) in [6.07, 6.45) is 4.44. The molecule has 0 saturated carbocycles. The number of fused-ring (bicyclic) bond motifs is 2. The summed E-state index contributed by atoms with van der Waals surface area (Å²) < 4.78 is 13.0. The molecular formula is C17H17N7O2. The van der Waals surface area contributed by atoms with Crippen LogP contribution in [0, 0.1) is 6.92 Å². The molecule has 0 fully saturated rings. The Balaban J connectivity index is 1.68. The molecule has 0 amide bonds. The van der Waals surface area contributed by atoms with E-state index in [4.69, 9.17) is 14.3 Å². The number of imidazole rings is 1. The summed E-state index contributed by atoms with van der Waals surface area (Å²) in [5, 5.41) is 12.9. The van der Waals surface area contributed by atoms with E-state index in [1.807, 2.05) is 28.9 Å². The average molecular weight is 351 g/mol. The van der Waals surface area contributed by atoms with Crippen LogP contribution in [0.15, 0.2) is 35.1 Å². The number of hydrogen-bond donors (Lipinski definition) is 1. The number of aryl methyl sites for hydroxylation is 1. The van der Waals surface area contributed by atoms with Crippen LogP contribution in [0.2, 0.25) is 0 Å². The lowest BCUT2D eigenvalue weighted by atomic mass is 10.0. The van der Waals surface area contributed by atoms with Gasteiger partial charge in [-0.15, -0.1) is 5.10 Å². The summed E-state index contributed by atoms with van der Waals surface area (Å²) in [6.45, 7) is 2.51. The highest BCUT2D eigenvalue weighted by atomic mass is 16.5. The first-order valence-corrected chi connectivity index (χ1v) is 8.36. The zero-order valence-electron chi connectivity index (χ0n) is 14.4. The summed E-state index contributed by atoms with van der Waals surface area (Å²) in [5.74, 6) is 1.30. The Kier molecular flexibility index (Phi) is 3.21. The lowest BCUT2D eigenvalue weighted by Gasteiger charge is -2.32. The van der Waals surface area contributed by atoms with E-state index >= 15 is 0 Å². The summed E-state index contributed by atoms with van der Waals surface area (Å²) in [7, 11) is 1.65. The molecule has 5 rings (SSSR count). The van der Waals surface area contributed by atoms with E-state index in [1.54, 1.807) is 20.4 Å². The van der Waals surface area contributed by atoms with Gasteiger partial charge >= 0.3 is 6.01 Å². The molecule has 9 heteroatoms. The molecule has 4 aromatic heterocycles. The van der Waals surface area contributed by atoms with Gasteiger partial charge in [0.05, 0.1) is 24.8 Å². The predicted molar refractivity (Wildman–Crippen MR) is 92.3 cm³/mol. The summed E-state index contributed by atoms with van der Waals surface area (Å²) in [5.41, 5.74) is 3.77. The van der Waals surface area contributed by atoms with Gasteiger partial charge in [-0.25, -0.2) is 9.50 Å². The van der Waals surface area contributed by atoms with Crippen molar-refractivity contribution >= 4 is 11.5 Å². The number of H-pyrrole nitrogens is 1. The summed E-state index contributed by atoms with van der Waals surface area (Å²) in [6, 6.07) is 6.10. The van der Waals surface area contributed by atoms with Crippen molar-refractivity contribution in [3.8, 4) is 5.75 Å². The van der Waals surface area contributed by atoms with Crippen LogP contribution in [0.25, 0.3) is 5.52 Å². The molecular weight excluding hydrogens is 334 g/mol. The highest BCUT2D eigenvalue weighted by molar-refractivity contribution is 5.61. The maximum Gasteiger partial charge on any atom is 0.319 e. The first kappa shape index (κ1) is 14.9. The Morgan fingerprint density at radius 2 is 2.27 bits per heavy atom. The molecule has 0 aromatic carbocycles. The Bertz CT molecular complexity index is 1080. The van der Waals surface area contributed by atoms with Gasteiger partial charge in [-0.1, -0.05) is 5.10 Å². The Morgan fingerprint density at radius 1 is 1.35 bits per heavy atom. The molecule has 0 aliphatic carbocycles. The van der Waals surface area contributed by atoms with Crippen LogP contribution >= 0.6 is 0 Å². The third-order valence-corrected chi connectivity index (χ3v) is 4.67. The van der Waals surface area contributed by atoms with Crippen molar-refractivity contribution in [3.63, 3.8) is 0 Å². The molecule has 4 aromatic rings. The number of aromatic amines is 1. The molecule has 0 radical (unpaired) electrons. The first-order chi connectivity index (χ1) is 12.7. The second kappa shape index (κ2) is 5.58. The minimum absolute atomic E-state index is 0.213. The minimum Gasteiger partial charge on any atom is -0.494 e. The van der Waals surface area contributed by atoms with Gasteiger partial charge < -0.3 is 19.0 Å². The fourth-order valence-electron chi connectivity index (χ4n) is 3.50. The number of ether oxygens (including phenoxy) is 1. The molecule has 9 nitrogen and oxygen atoms in total. The Morgan fingerprint density at radius 3 is 3.08 bits per heavy atom. The molecule has 0 saturated heterocycles. The Labute approximate surface area is 148 Å². The van der Waals surface area contributed by atoms with E-state index in [1.165, 1.54) is 0 Å². The van der Waals surface area contributed by atoms with E-state index in [9.17, 15) is 0 Å². The van der Waals surface area contributed by atoms with E-state index in [0.29, 0.717) is 11.9 Å². The number of pyridine rings is 1. The fourth-order valence-corrected chi connectivity index (χ4v) is 3.50. The van der Waals surface area contributed by atoms with Crippen molar-refractivity contribution in [2.24, 2.45) is 0 Å². The lowest BCUT2D eigenvalue weighted by Crippen LogP contribution is -2.36. The number of anilines is 1. The van der Waals surface area contributed by atoms with Gasteiger partial charge in [0.1, 0.15) is 17.3 Å². The predicted octanol–water partition coefficient (Wildman–Crippen LogP) is 1.91. The number of nitrogens with zero attached hydrogens (tertiary/aromatic N) is 6. The van der Waals surface area contributed by atoms with Gasteiger partial charge in [0, 0.05) is 31.8 Å². The van der Waals surface area contributed by atoms with Gasteiger partial charge in [0.2, 0.25) is 5.89 Å². The molecule has 0 spiro atoms. The van der Waals surface area contributed by atoms with Crippen molar-refractivity contribution in [2.45, 2.75) is 19.4 Å². The van der Waals surface area contributed by atoms with E-state index in [2.05, 4.69) is 25.1 Å². The zero-order chi connectivity index (χ0) is 17.7. The number of nitrogens with one attached hydrogen (secondary N) is 1. The van der Waals surface area contributed by atoms with Gasteiger partial charge in [-0.2, -0.15) is 5.10 Å². The molecule has 1 N–H and O–H groups in total. The molecule has 1 aliphatic rings.